The molecule has 1 aliphatic rings. The zero-order valence-corrected chi connectivity index (χ0v) is 18.6. The normalized spacial score (nSPS) is 24.9. The highest BCUT2D eigenvalue weighted by atomic mass is 35.5. The number of ether oxygens (including phenoxy) is 1. The molecule has 1 aliphatic heterocycles. The number of benzene rings is 2. The van der Waals surface area contributed by atoms with E-state index in [-0.39, 0.29) is 0 Å². The van der Waals surface area contributed by atoms with E-state index >= 15 is 0 Å². The average Bonchev–Trinajstić information content (AvgIpc) is 2.69. The summed E-state index contributed by atoms with van der Waals surface area (Å²) >= 11 is 6.31. The summed E-state index contributed by atoms with van der Waals surface area (Å²) in [6.07, 6.45) is -2.61. The van der Waals surface area contributed by atoms with Crippen LogP contribution in [-0.2, 0) is 6.42 Å². The summed E-state index contributed by atoms with van der Waals surface area (Å²) in [6, 6.07) is 13.2. The Kier molecular flexibility index (Phi) is 7.77. The topological polar surface area (TPSA) is 73.2 Å². The van der Waals surface area contributed by atoms with Gasteiger partial charge in [0.15, 0.2) is 0 Å². The number of rotatable bonds is 7. The number of piperidine rings is 1. The molecule has 0 bridgehead atoms. The lowest BCUT2D eigenvalue weighted by Gasteiger charge is -2.45. The van der Waals surface area contributed by atoms with Gasteiger partial charge < -0.3 is 20.1 Å². The Morgan fingerprint density at radius 1 is 1.07 bits per heavy atom. The van der Waals surface area contributed by atoms with Gasteiger partial charge in [0.25, 0.3) is 0 Å². The summed E-state index contributed by atoms with van der Waals surface area (Å²) in [5.74, 6) is 1.18. The quantitative estimate of drug-likeness (QED) is 0.624. The highest BCUT2D eigenvalue weighted by molar-refractivity contribution is 6.30. The molecule has 0 aromatic heterocycles. The number of hydrogen-bond acceptors (Lipinski definition) is 5. The van der Waals surface area contributed by atoms with E-state index in [1.54, 1.807) is 0 Å². The fraction of sp³-hybridized carbons (Fsp3) is 0.500. The lowest BCUT2D eigenvalue weighted by molar-refractivity contribution is -0.140. The van der Waals surface area contributed by atoms with Crippen molar-refractivity contribution in [2.45, 2.75) is 51.5 Å². The summed E-state index contributed by atoms with van der Waals surface area (Å²) in [5, 5.41) is 32.1. The number of aliphatic hydroxyl groups is 3. The van der Waals surface area contributed by atoms with Crippen LogP contribution in [0.2, 0.25) is 5.02 Å². The molecule has 3 rings (SSSR count). The van der Waals surface area contributed by atoms with Gasteiger partial charge in [-0.2, -0.15) is 0 Å². The van der Waals surface area contributed by atoms with Gasteiger partial charge in [-0.25, -0.2) is 0 Å². The number of β-amino-alcohol motifs (C(OH)–C–C–N with tert-alkyl or cyclic N) is 1. The number of nitrogens with zero attached hydrogens (tertiary/aromatic N) is 1. The van der Waals surface area contributed by atoms with Crippen LogP contribution in [0.1, 0.15) is 43.5 Å². The lowest BCUT2D eigenvalue weighted by Crippen LogP contribution is -2.57. The molecule has 0 radical (unpaired) electrons. The maximum atomic E-state index is 10.9. The molecule has 0 spiro atoms. The predicted molar refractivity (Wildman–Crippen MR) is 119 cm³/mol. The Labute approximate surface area is 183 Å². The Hall–Kier alpha value is -1.63. The van der Waals surface area contributed by atoms with Crippen molar-refractivity contribution in [3.05, 3.63) is 64.2 Å². The molecule has 0 saturated carbocycles. The van der Waals surface area contributed by atoms with E-state index in [1.165, 1.54) is 0 Å². The van der Waals surface area contributed by atoms with Crippen molar-refractivity contribution in [2.24, 2.45) is 5.92 Å². The number of likely N-dealkylation sites (tertiary alicyclic amines) is 1. The molecular weight excluding hydrogens is 402 g/mol. The van der Waals surface area contributed by atoms with E-state index < -0.39 is 24.4 Å². The van der Waals surface area contributed by atoms with Crippen LogP contribution >= 0.6 is 11.6 Å². The second kappa shape index (κ2) is 10.1. The molecule has 5 nitrogen and oxygen atoms in total. The third kappa shape index (κ3) is 5.34. The van der Waals surface area contributed by atoms with Crippen LogP contribution in [-0.4, -0.2) is 58.2 Å². The Morgan fingerprint density at radius 2 is 1.77 bits per heavy atom. The van der Waals surface area contributed by atoms with Crippen molar-refractivity contribution < 1.29 is 20.1 Å². The zero-order chi connectivity index (χ0) is 21.8. The van der Waals surface area contributed by atoms with Crippen LogP contribution in [0.25, 0.3) is 0 Å². The SMILES string of the molecule is CCOc1ccc(Cc2cc(Cl)ccc2[C@H]2[C@H](O)[C@@H](O)[C@H](O)CN2CC(C)C)cc1. The minimum absolute atomic E-state index is 0.312. The second-order valence-electron chi connectivity index (χ2n) is 8.44. The summed E-state index contributed by atoms with van der Waals surface area (Å²) < 4.78 is 5.52. The standard InChI is InChI=1S/C24H32ClNO4/c1-4-30-19-8-5-16(6-9-19)11-17-12-18(25)7-10-20(17)22-24(29)23(28)21(27)14-26(22)13-15(2)3/h5-10,12,15,21-24,27-29H,4,11,13-14H2,1-3H3/t21-,22+,23+,24+/m1/s1. The molecule has 6 heteroatoms. The minimum Gasteiger partial charge on any atom is -0.494 e. The van der Waals surface area contributed by atoms with E-state index in [1.807, 2.05) is 49.4 Å². The summed E-state index contributed by atoms with van der Waals surface area (Å²) in [4.78, 5) is 2.07. The lowest BCUT2D eigenvalue weighted by atomic mass is 9.85. The maximum Gasteiger partial charge on any atom is 0.119 e. The van der Waals surface area contributed by atoms with Gasteiger partial charge in [0, 0.05) is 18.1 Å². The van der Waals surface area contributed by atoms with Crippen LogP contribution in [0, 0.1) is 5.92 Å². The van der Waals surface area contributed by atoms with E-state index in [2.05, 4.69) is 18.7 Å². The monoisotopic (exact) mass is 433 g/mol. The molecular formula is C24H32ClNO4. The van der Waals surface area contributed by atoms with Crippen molar-refractivity contribution in [1.82, 2.24) is 4.90 Å². The van der Waals surface area contributed by atoms with Crippen LogP contribution < -0.4 is 4.74 Å². The van der Waals surface area contributed by atoms with Gasteiger partial charge in [-0.15, -0.1) is 0 Å². The van der Waals surface area contributed by atoms with Gasteiger partial charge >= 0.3 is 0 Å². The van der Waals surface area contributed by atoms with Gasteiger partial charge in [0.05, 0.1) is 18.8 Å². The van der Waals surface area contributed by atoms with Crippen molar-refractivity contribution in [3.8, 4) is 5.75 Å². The van der Waals surface area contributed by atoms with E-state index in [4.69, 9.17) is 16.3 Å². The average molecular weight is 434 g/mol. The molecule has 1 fully saturated rings. The van der Waals surface area contributed by atoms with E-state index in [9.17, 15) is 15.3 Å². The van der Waals surface area contributed by atoms with Crippen molar-refractivity contribution in [2.75, 3.05) is 19.7 Å². The first kappa shape index (κ1) is 23.0. The third-order valence-electron chi connectivity index (χ3n) is 5.53. The van der Waals surface area contributed by atoms with Gasteiger partial charge in [-0.3, -0.25) is 4.90 Å². The molecule has 164 valence electrons. The highest BCUT2D eigenvalue weighted by Crippen LogP contribution is 2.36. The number of hydrogen-bond donors (Lipinski definition) is 3. The number of halogens is 1. The molecule has 1 heterocycles. The van der Waals surface area contributed by atoms with Gasteiger partial charge in [-0.05, 0) is 60.2 Å². The maximum absolute atomic E-state index is 10.9. The fourth-order valence-corrected chi connectivity index (χ4v) is 4.43. The Balaban J connectivity index is 1.95. The molecule has 0 aliphatic carbocycles. The largest absolute Gasteiger partial charge is 0.494 e. The van der Waals surface area contributed by atoms with Crippen LogP contribution in [0.15, 0.2) is 42.5 Å². The first-order valence-electron chi connectivity index (χ1n) is 10.6. The van der Waals surface area contributed by atoms with E-state index in [0.29, 0.717) is 37.1 Å². The van der Waals surface area contributed by atoms with E-state index in [0.717, 1.165) is 22.4 Å². The summed E-state index contributed by atoms with van der Waals surface area (Å²) in [6.45, 7) is 7.79. The zero-order valence-electron chi connectivity index (χ0n) is 17.8. The van der Waals surface area contributed by atoms with Gasteiger partial charge in [0.2, 0.25) is 0 Å². The highest BCUT2D eigenvalue weighted by Gasteiger charge is 2.42. The molecule has 4 atom stereocenters. The Morgan fingerprint density at radius 3 is 2.40 bits per heavy atom. The van der Waals surface area contributed by atoms with Crippen molar-refractivity contribution in [3.63, 3.8) is 0 Å². The number of aliphatic hydroxyl groups excluding tert-OH is 3. The minimum atomic E-state index is -1.19. The van der Waals surface area contributed by atoms with Gasteiger partial charge in [-0.1, -0.05) is 43.6 Å². The molecule has 1 saturated heterocycles. The van der Waals surface area contributed by atoms with Crippen LogP contribution in [0.5, 0.6) is 5.75 Å². The molecule has 0 amide bonds. The third-order valence-corrected chi connectivity index (χ3v) is 5.77. The summed E-state index contributed by atoms with van der Waals surface area (Å²) in [5.41, 5.74) is 3.02. The fourth-order valence-electron chi connectivity index (χ4n) is 4.24. The smallest absolute Gasteiger partial charge is 0.119 e. The second-order valence-corrected chi connectivity index (χ2v) is 8.87. The van der Waals surface area contributed by atoms with Crippen LogP contribution in [0.3, 0.4) is 0 Å². The summed E-state index contributed by atoms with van der Waals surface area (Å²) in [7, 11) is 0. The first-order chi connectivity index (χ1) is 14.3. The van der Waals surface area contributed by atoms with Crippen LogP contribution in [0.4, 0.5) is 0 Å². The predicted octanol–water partition coefficient (Wildman–Crippen LogP) is 3.42. The molecule has 0 unspecified atom stereocenters. The van der Waals surface area contributed by atoms with Crippen molar-refractivity contribution in [1.29, 1.82) is 0 Å². The molecule has 3 N–H and O–H groups in total. The molecule has 2 aromatic rings. The Bertz CT molecular complexity index is 826. The van der Waals surface area contributed by atoms with Gasteiger partial charge in [0.1, 0.15) is 18.0 Å². The first-order valence-corrected chi connectivity index (χ1v) is 11.0. The van der Waals surface area contributed by atoms with Crippen molar-refractivity contribution >= 4 is 11.6 Å². The molecule has 30 heavy (non-hydrogen) atoms. The molecule has 2 aromatic carbocycles.